The fourth-order valence-electron chi connectivity index (χ4n) is 4.18. The smallest absolute Gasteiger partial charge is 0.260 e. The quantitative estimate of drug-likeness (QED) is 0.470. The lowest BCUT2D eigenvalue weighted by atomic mass is 9.86. The molecule has 0 bridgehead atoms. The molecule has 2 unspecified atom stereocenters. The Bertz CT molecular complexity index is 974. The number of para-hydroxylation sites is 1. The topological polar surface area (TPSA) is 68.3 Å². The highest BCUT2D eigenvalue weighted by atomic mass is 16.5. The van der Waals surface area contributed by atoms with Crippen LogP contribution in [0.4, 0.5) is 0 Å². The van der Waals surface area contributed by atoms with Crippen LogP contribution in [0.1, 0.15) is 12.0 Å². The molecule has 2 amide bonds. The van der Waals surface area contributed by atoms with E-state index >= 15 is 0 Å². The van der Waals surface area contributed by atoms with Gasteiger partial charge >= 0.3 is 0 Å². The van der Waals surface area contributed by atoms with Gasteiger partial charge < -0.3 is 24.0 Å². The summed E-state index contributed by atoms with van der Waals surface area (Å²) in [5.74, 6) is 1.40. The van der Waals surface area contributed by atoms with E-state index in [0.29, 0.717) is 31.8 Å². The van der Waals surface area contributed by atoms with Gasteiger partial charge in [-0.3, -0.25) is 9.59 Å². The monoisotopic (exact) mass is 436 g/mol. The predicted octanol–water partition coefficient (Wildman–Crippen LogP) is 2.66. The highest BCUT2D eigenvalue weighted by Crippen LogP contribution is 2.33. The summed E-state index contributed by atoms with van der Waals surface area (Å²) < 4.78 is 16.3. The zero-order chi connectivity index (χ0) is 22.5. The third-order valence-electron chi connectivity index (χ3n) is 6.00. The lowest BCUT2D eigenvalue weighted by molar-refractivity contribution is -0.168. The number of benzene rings is 2. The fraction of sp³-hybridized carbons (Fsp3) is 0.360. The van der Waals surface area contributed by atoms with Crippen molar-refractivity contribution in [2.75, 3.05) is 33.9 Å². The molecule has 2 aliphatic rings. The fourth-order valence-corrected chi connectivity index (χ4v) is 4.18. The molecule has 1 fully saturated rings. The highest BCUT2D eigenvalue weighted by molar-refractivity contribution is 5.89. The normalized spacial score (nSPS) is 20.4. The summed E-state index contributed by atoms with van der Waals surface area (Å²) in [7, 11) is 3.20. The number of likely N-dealkylation sites (tertiary alicyclic amines) is 1. The van der Waals surface area contributed by atoms with Gasteiger partial charge in [0, 0.05) is 26.7 Å². The molecule has 0 aliphatic carbocycles. The Kier molecular flexibility index (Phi) is 6.75. The van der Waals surface area contributed by atoms with Crippen LogP contribution in [0, 0.1) is 0 Å². The molecule has 2 aliphatic heterocycles. The van der Waals surface area contributed by atoms with Crippen LogP contribution in [0.25, 0.3) is 0 Å². The number of hydrogen-bond acceptors (Lipinski definition) is 5. The summed E-state index contributed by atoms with van der Waals surface area (Å²) in [6.45, 7) is 1.63. The minimum Gasteiger partial charge on any atom is -0.497 e. The van der Waals surface area contributed by atoms with Crippen LogP contribution < -0.4 is 9.47 Å². The number of carbonyl (C=O) groups is 2. The van der Waals surface area contributed by atoms with Crippen molar-refractivity contribution in [3.8, 4) is 11.5 Å². The van der Waals surface area contributed by atoms with E-state index in [9.17, 15) is 9.59 Å². The van der Waals surface area contributed by atoms with E-state index in [0.717, 1.165) is 16.9 Å². The van der Waals surface area contributed by atoms with E-state index in [4.69, 9.17) is 14.2 Å². The van der Waals surface area contributed by atoms with Crippen molar-refractivity contribution >= 4 is 11.8 Å². The Morgan fingerprint density at radius 1 is 1.03 bits per heavy atom. The van der Waals surface area contributed by atoms with E-state index < -0.39 is 6.10 Å². The molecule has 2 aromatic carbocycles. The van der Waals surface area contributed by atoms with E-state index in [1.165, 1.54) is 0 Å². The van der Waals surface area contributed by atoms with E-state index in [2.05, 4.69) is 0 Å². The molecular formula is C25H28N2O5. The van der Waals surface area contributed by atoms with Gasteiger partial charge in [0.2, 0.25) is 0 Å². The van der Waals surface area contributed by atoms with Gasteiger partial charge in [-0.1, -0.05) is 36.4 Å². The molecule has 2 atom stereocenters. The second-order valence-corrected chi connectivity index (χ2v) is 7.89. The van der Waals surface area contributed by atoms with Crippen LogP contribution in [0.5, 0.6) is 11.5 Å². The van der Waals surface area contributed by atoms with Crippen molar-refractivity contribution < 1.29 is 23.8 Å². The molecule has 0 spiro atoms. The zero-order valence-electron chi connectivity index (χ0n) is 18.4. The first kappa shape index (κ1) is 21.9. The lowest BCUT2D eigenvalue weighted by Gasteiger charge is -2.48. The van der Waals surface area contributed by atoms with Crippen molar-refractivity contribution in [1.82, 2.24) is 9.80 Å². The SMILES string of the molecule is COc1ccc(CN2C(=O)C(OC)C2C2=CCN(C(=O)COc3ccccc3)CC2)cc1. The first-order valence-electron chi connectivity index (χ1n) is 10.7. The number of amides is 2. The van der Waals surface area contributed by atoms with E-state index in [1.807, 2.05) is 65.6 Å². The number of β-lactam (4-membered cyclic amide) rings is 1. The molecule has 32 heavy (non-hydrogen) atoms. The highest BCUT2D eigenvalue weighted by Gasteiger charge is 2.49. The first-order valence-corrected chi connectivity index (χ1v) is 10.7. The van der Waals surface area contributed by atoms with Crippen molar-refractivity contribution in [2.24, 2.45) is 0 Å². The molecule has 0 radical (unpaired) electrons. The van der Waals surface area contributed by atoms with Crippen LogP contribution in [0.3, 0.4) is 0 Å². The molecule has 0 aromatic heterocycles. The molecule has 4 rings (SSSR count). The predicted molar refractivity (Wildman–Crippen MR) is 119 cm³/mol. The number of ether oxygens (including phenoxy) is 3. The second-order valence-electron chi connectivity index (χ2n) is 7.89. The summed E-state index contributed by atoms with van der Waals surface area (Å²) >= 11 is 0. The summed E-state index contributed by atoms with van der Waals surface area (Å²) in [4.78, 5) is 28.8. The maximum absolute atomic E-state index is 12.6. The van der Waals surface area contributed by atoms with Gasteiger partial charge in [-0.2, -0.15) is 0 Å². The van der Waals surface area contributed by atoms with Crippen LogP contribution >= 0.6 is 0 Å². The summed E-state index contributed by atoms with van der Waals surface area (Å²) in [6, 6.07) is 16.9. The van der Waals surface area contributed by atoms with Crippen LogP contribution in [-0.4, -0.2) is 67.7 Å². The number of rotatable bonds is 8. The zero-order valence-corrected chi connectivity index (χ0v) is 18.4. The van der Waals surface area contributed by atoms with Gasteiger partial charge in [0.05, 0.1) is 13.2 Å². The van der Waals surface area contributed by atoms with Crippen molar-refractivity contribution in [1.29, 1.82) is 0 Å². The molecule has 2 heterocycles. The molecule has 0 saturated carbocycles. The Balaban J connectivity index is 1.37. The van der Waals surface area contributed by atoms with Crippen molar-refractivity contribution in [2.45, 2.75) is 25.1 Å². The molecule has 7 heteroatoms. The van der Waals surface area contributed by atoms with Crippen LogP contribution in [-0.2, 0) is 20.9 Å². The molecular weight excluding hydrogens is 408 g/mol. The Labute approximate surface area is 188 Å². The van der Waals surface area contributed by atoms with Gasteiger partial charge in [0.1, 0.15) is 11.5 Å². The van der Waals surface area contributed by atoms with E-state index in [1.54, 1.807) is 19.1 Å². The molecule has 2 aromatic rings. The van der Waals surface area contributed by atoms with Gasteiger partial charge in [-0.15, -0.1) is 0 Å². The van der Waals surface area contributed by atoms with Crippen molar-refractivity contribution in [3.05, 3.63) is 71.8 Å². The maximum Gasteiger partial charge on any atom is 0.260 e. The molecule has 0 N–H and O–H groups in total. The second kappa shape index (κ2) is 9.87. The molecule has 1 saturated heterocycles. The minimum atomic E-state index is -0.469. The lowest BCUT2D eigenvalue weighted by Crippen LogP contribution is -2.66. The maximum atomic E-state index is 12.6. The van der Waals surface area contributed by atoms with Gasteiger partial charge in [-0.25, -0.2) is 0 Å². The average molecular weight is 437 g/mol. The Morgan fingerprint density at radius 3 is 2.41 bits per heavy atom. The number of carbonyl (C=O) groups excluding carboxylic acids is 2. The summed E-state index contributed by atoms with van der Waals surface area (Å²) in [6.07, 6.45) is 2.28. The summed E-state index contributed by atoms with van der Waals surface area (Å²) in [5, 5.41) is 0. The number of methoxy groups -OCH3 is 2. The van der Waals surface area contributed by atoms with Crippen LogP contribution in [0.2, 0.25) is 0 Å². The minimum absolute atomic E-state index is 0.0102. The molecule has 168 valence electrons. The first-order chi connectivity index (χ1) is 15.6. The van der Waals surface area contributed by atoms with E-state index in [-0.39, 0.29) is 24.5 Å². The van der Waals surface area contributed by atoms with Gasteiger partial charge in [-0.05, 0) is 41.8 Å². The average Bonchev–Trinajstić information content (AvgIpc) is 2.85. The van der Waals surface area contributed by atoms with Gasteiger partial charge in [0.25, 0.3) is 11.8 Å². The van der Waals surface area contributed by atoms with Gasteiger partial charge in [0.15, 0.2) is 12.7 Å². The third-order valence-corrected chi connectivity index (χ3v) is 6.00. The van der Waals surface area contributed by atoms with Crippen LogP contribution in [0.15, 0.2) is 66.2 Å². The van der Waals surface area contributed by atoms with Crippen molar-refractivity contribution in [3.63, 3.8) is 0 Å². The standard InChI is InChI=1S/C25H28N2O5/c1-30-20-10-8-18(9-11-20)16-27-23(24(31-2)25(27)29)19-12-14-26(15-13-19)22(28)17-32-21-6-4-3-5-7-21/h3-12,23-24H,13-17H2,1-2H3. The number of nitrogens with zero attached hydrogens (tertiary/aromatic N) is 2. The Morgan fingerprint density at radius 2 is 1.78 bits per heavy atom. The third kappa shape index (κ3) is 4.62. The molecule has 7 nitrogen and oxygen atoms in total. The number of hydrogen-bond donors (Lipinski definition) is 0. The largest absolute Gasteiger partial charge is 0.497 e. The Hall–Kier alpha value is -3.32. The summed E-state index contributed by atoms with van der Waals surface area (Å²) in [5.41, 5.74) is 2.17.